The molecule has 28 heavy (non-hydrogen) atoms. The molecule has 2 heterocycles. The number of carbonyl (C=O) groups is 1. The Morgan fingerprint density at radius 3 is 2.82 bits per heavy atom. The second-order valence-electron chi connectivity index (χ2n) is 6.97. The van der Waals surface area contributed by atoms with Gasteiger partial charge in [-0.1, -0.05) is 19.3 Å². The Morgan fingerprint density at radius 1 is 1.36 bits per heavy atom. The van der Waals surface area contributed by atoms with Gasteiger partial charge in [0.25, 0.3) is 0 Å². The topological polar surface area (TPSA) is 125 Å². The maximum atomic E-state index is 11.4. The number of imidazole rings is 1. The highest BCUT2D eigenvalue weighted by molar-refractivity contribution is 5.83. The molecule has 9 nitrogen and oxygen atoms in total. The Morgan fingerprint density at radius 2 is 2.14 bits per heavy atom. The molecule has 4 N–H and O–H groups in total. The first kappa shape index (κ1) is 20.0. The summed E-state index contributed by atoms with van der Waals surface area (Å²) >= 11 is 0. The fourth-order valence-electron chi connectivity index (χ4n) is 3.48. The summed E-state index contributed by atoms with van der Waals surface area (Å²) < 4.78 is 1.73. The maximum absolute atomic E-state index is 11.4. The van der Waals surface area contributed by atoms with Gasteiger partial charge in [-0.2, -0.15) is 0 Å². The lowest BCUT2D eigenvalue weighted by Gasteiger charge is -2.18. The van der Waals surface area contributed by atoms with Gasteiger partial charge >= 0.3 is 0 Å². The molecule has 0 saturated heterocycles. The predicted octanol–water partition coefficient (Wildman–Crippen LogP) is 0.581. The summed E-state index contributed by atoms with van der Waals surface area (Å²) in [6.45, 7) is 3.49. The second-order valence-corrected chi connectivity index (χ2v) is 6.97. The molecule has 150 valence electrons. The SMILES string of the molecule is CCCCC#Cc1nc(NC)c2ncn([C@@H]3C[C@H](NC(C)=O)[C@@H](O)[C@H]3O)c2n1. The lowest BCUT2D eigenvalue weighted by atomic mass is 10.2. The number of nitrogens with one attached hydrogen (secondary N) is 2. The molecule has 2 aromatic heterocycles. The van der Waals surface area contributed by atoms with Crippen LogP contribution < -0.4 is 10.6 Å². The molecule has 2 aromatic rings. The zero-order chi connectivity index (χ0) is 20.3. The van der Waals surface area contributed by atoms with Crippen LogP contribution in [-0.4, -0.2) is 60.9 Å². The normalized spacial score (nSPS) is 24.0. The molecule has 1 amide bonds. The van der Waals surface area contributed by atoms with E-state index in [1.807, 2.05) is 0 Å². The average Bonchev–Trinajstić information content (AvgIpc) is 3.20. The van der Waals surface area contributed by atoms with E-state index >= 15 is 0 Å². The van der Waals surface area contributed by atoms with Gasteiger partial charge in [0.15, 0.2) is 17.0 Å². The monoisotopic (exact) mass is 386 g/mol. The van der Waals surface area contributed by atoms with E-state index in [4.69, 9.17) is 0 Å². The lowest BCUT2D eigenvalue weighted by Crippen LogP contribution is -2.42. The number of unbranched alkanes of at least 4 members (excludes halogenated alkanes) is 2. The van der Waals surface area contributed by atoms with Gasteiger partial charge in [-0.25, -0.2) is 15.0 Å². The van der Waals surface area contributed by atoms with Crippen molar-refractivity contribution in [1.82, 2.24) is 24.8 Å². The van der Waals surface area contributed by atoms with Crippen LogP contribution >= 0.6 is 0 Å². The zero-order valence-electron chi connectivity index (χ0n) is 16.3. The number of amides is 1. The van der Waals surface area contributed by atoms with Crippen molar-refractivity contribution in [3.8, 4) is 11.8 Å². The van der Waals surface area contributed by atoms with Gasteiger partial charge in [0, 0.05) is 20.4 Å². The van der Waals surface area contributed by atoms with Crippen molar-refractivity contribution in [1.29, 1.82) is 0 Å². The first-order valence-electron chi connectivity index (χ1n) is 9.50. The first-order valence-corrected chi connectivity index (χ1v) is 9.50. The van der Waals surface area contributed by atoms with E-state index in [-0.39, 0.29) is 5.91 Å². The van der Waals surface area contributed by atoms with Gasteiger partial charge in [0.05, 0.1) is 18.4 Å². The molecule has 0 aromatic carbocycles. The first-order chi connectivity index (χ1) is 13.5. The van der Waals surface area contributed by atoms with E-state index in [9.17, 15) is 15.0 Å². The van der Waals surface area contributed by atoms with Gasteiger partial charge in [0.1, 0.15) is 12.2 Å². The molecule has 1 saturated carbocycles. The Hall–Kier alpha value is -2.70. The molecule has 3 rings (SSSR count). The summed E-state index contributed by atoms with van der Waals surface area (Å²) in [5.41, 5.74) is 1.09. The molecule has 9 heteroatoms. The van der Waals surface area contributed by atoms with Crippen LogP contribution in [0.1, 0.15) is 51.4 Å². The number of aromatic nitrogens is 4. The van der Waals surface area contributed by atoms with Crippen molar-refractivity contribution in [3.63, 3.8) is 0 Å². The van der Waals surface area contributed by atoms with Crippen LogP contribution in [0.4, 0.5) is 5.82 Å². The molecule has 1 aliphatic rings. The fourth-order valence-corrected chi connectivity index (χ4v) is 3.48. The Bertz CT molecular complexity index is 916. The molecule has 0 aliphatic heterocycles. The molecular formula is C19H26N6O3. The van der Waals surface area contributed by atoms with E-state index < -0.39 is 24.3 Å². The summed E-state index contributed by atoms with van der Waals surface area (Å²) in [6, 6.07) is -1.01. The number of nitrogens with zero attached hydrogens (tertiary/aromatic N) is 4. The third kappa shape index (κ3) is 3.93. The Balaban J connectivity index is 1.97. The second kappa shape index (κ2) is 8.54. The number of aliphatic hydroxyl groups is 2. The largest absolute Gasteiger partial charge is 0.388 e. The van der Waals surface area contributed by atoms with Crippen molar-refractivity contribution >= 4 is 22.9 Å². The van der Waals surface area contributed by atoms with Gasteiger partial charge in [-0.3, -0.25) is 4.79 Å². The smallest absolute Gasteiger partial charge is 0.217 e. The number of aliphatic hydroxyl groups excluding tert-OH is 2. The minimum absolute atomic E-state index is 0.253. The highest BCUT2D eigenvalue weighted by atomic mass is 16.3. The Kier molecular flexibility index (Phi) is 6.11. The van der Waals surface area contributed by atoms with Gasteiger partial charge in [-0.05, 0) is 18.8 Å². The summed E-state index contributed by atoms with van der Waals surface area (Å²) in [5.74, 6) is 6.74. The third-order valence-corrected chi connectivity index (χ3v) is 4.91. The minimum Gasteiger partial charge on any atom is -0.388 e. The van der Waals surface area contributed by atoms with Crippen LogP contribution in [0.15, 0.2) is 6.33 Å². The van der Waals surface area contributed by atoms with E-state index in [0.29, 0.717) is 29.2 Å². The molecule has 4 atom stereocenters. The zero-order valence-corrected chi connectivity index (χ0v) is 16.3. The predicted molar refractivity (Wildman–Crippen MR) is 105 cm³/mol. The van der Waals surface area contributed by atoms with Gasteiger partial charge in [-0.15, -0.1) is 0 Å². The molecule has 1 fully saturated rings. The van der Waals surface area contributed by atoms with E-state index in [1.165, 1.54) is 6.92 Å². The summed E-state index contributed by atoms with van der Waals surface area (Å²) in [6.07, 6.45) is 2.68. The van der Waals surface area contributed by atoms with Gasteiger partial charge < -0.3 is 25.4 Å². The fraction of sp³-hybridized carbons (Fsp3) is 0.579. The number of rotatable bonds is 5. The summed E-state index contributed by atoms with van der Waals surface area (Å²) in [5, 5.41) is 26.5. The number of hydrogen-bond acceptors (Lipinski definition) is 7. The lowest BCUT2D eigenvalue weighted by molar-refractivity contribution is -0.120. The molecule has 0 bridgehead atoms. The molecule has 0 unspecified atom stereocenters. The molecule has 0 radical (unpaired) electrons. The number of fused-ring (bicyclic) bond motifs is 1. The number of carbonyl (C=O) groups excluding carboxylic acids is 1. The van der Waals surface area contributed by atoms with E-state index in [1.54, 1.807) is 17.9 Å². The minimum atomic E-state index is -1.06. The molecular weight excluding hydrogens is 360 g/mol. The number of anilines is 1. The number of hydrogen-bond donors (Lipinski definition) is 4. The Labute approximate surface area is 163 Å². The van der Waals surface area contributed by atoms with E-state index in [2.05, 4.69) is 44.4 Å². The summed E-state index contributed by atoms with van der Waals surface area (Å²) in [4.78, 5) is 24.7. The van der Waals surface area contributed by atoms with Crippen LogP contribution in [0.25, 0.3) is 11.2 Å². The van der Waals surface area contributed by atoms with Crippen molar-refractivity contribution in [2.24, 2.45) is 0 Å². The third-order valence-electron chi connectivity index (χ3n) is 4.91. The molecule has 0 spiro atoms. The quantitative estimate of drug-likeness (QED) is 0.437. The van der Waals surface area contributed by atoms with Crippen molar-refractivity contribution < 1.29 is 15.0 Å². The van der Waals surface area contributed by atoms with E-state index in [0.717, 1.165) is 19.3 Å². The van der Waals surface area contributed by atoms with Crippen LogP contribution in [0.5, 0.6) is 0 Å². The van der Waals surface area contributed by atoms with Crippen LogP contribution in [-0.2, 0) is 4.79 Å². The standard InChI is InChI=1S/C19H26N6O3/c1-4-5-6-7-8-14-23-18(20-3)15-19(24-14)25(10-21-15)13-9-12(22-11(2)26)16(27)17(13)28/h10,12-13,16-17,27-28H,4-6,9H2,1-3H3,(H,22,26)(H,20,23,24)/t12-,13+,16+,17-/m0/s1. The van der Waals surface area contributed by atoms with Crippen LogP contribution in [0.2, 0.25) is 0 Å². The van der Waals surface area contributed by atoms with Crippen LogP contribution in [0.3, 0.4) is 0 Å². The van der Waals surface area contributed by atoms with Crippen LogP contribution in [0, 0.1) is 11.8 Å². The highest BCUT2D eigenvalue weighted by Crippen LogP contribution is 2.33. The highest BCUT2D eigenvalue weighted by Gasteiger charge is 2.43. The summed E-state index contributed by atoms with van der Waals surface area (Å²) in [7, 11) is 1.75. The van der Waals surface area contributed by atoms with Gasteiger partial charge in [0.2, 0.25) is 11.7 Å². The van der Waals surface area contributed by atoms with Crippen molar-refractivity contribution in [2.75, 3.05) is 12.4 Å². The van der Waals surface area contributed by atoms with Crippen molar-refractivity contribution in [2.45, 2.75) is 63.8 Å². The van der Waals surface area contributed by atoms with Crippen molar-refractivity contribution in [3.05, 3.63) is 12.2 Å². The average molecular weight is 386 g/mol. The maximum Gasteiger partial charge on any atom is 0.217 e. The molecule has 1 aliphatic carbocycles.